The lowest BCUT2D eigenvalue weighted by Gasteiger charge is -2.22. The van der Waals surface area contributed by atoms with Gasteiger partial charge in [-0.05, 0) is 36.6 Å². The van der Waals surface area contributed by atoms with Crippen molar-refractivity contribution < 1.29 is 9.59 Å². The Kier molecular flexibility index (Phi) is 6.30. The van der Waals surface area contributed by atoms with Gasteiger partial charge in [-0.2, -0.15) is 0 Å². The lowest BCUT2D eigenvalue weighted by Crippen LogP contribution is -2.37. The predicted molar refractivity (Wildman–Crippen MR) is 117 cm³/mol. The SMILES string of the molecule is Cc1cccc(N2CC(C(=O)N3C[C@@H](N)[C@H](c4ccccc4)C3)CC2=O)c1C.Cl. The molecule has 2 aromatic carbocycles. The molecule has 0 radical (unpaired) electrons. The van der Waals surface area contributed by atoms with Gasteiger partial charge < -0.3 is 15.5 Å². The van der Waals surface area contributed by atoms with E-state index in [9.17, 15) is 9.59 Å². The van der Waals surface area contributed by atoms with Crippen LogP contribution in [0.3, 0.4) is 0 Å². The van der Waals surface area contributed by atoms with Crippen molar-refractivity contribution in [2.24, 2.45) is 11.7 Å². The summed E-state index contributed by atoms with van der Waals surface area (Å²) in [4.78, 5) is 29.4. The molecule has 0 aliphatic carbocycles. The summed E-state index contributed by atoms with van der Waals surface area (Å²) in [5.41, 5.74) is 10.7. The first-order valence-electron chi connectivity index (χ1n) is 9.91. The molecular weight excluding hydrogens is 386 g/mol. The fourth-order valence-corrected chi connectivity index (χ4v) is 4.45. The maximum atomic E-state index is 13.1. The van der Waals surface area contributed by atoms with Gasteiger partial charge in [-0.1, -0.05) is 42.5 Å². The standard InChI is InChI=1S/C23H27N3O2.ClH/c1-15-7-6-10-21(16(15)2)26-12-18(11-22(26)27)23(28)25-13-19(20(24)14-25)17-8-4-3-5-9-17;/h3-10,18-20H,11-14,24H2,1-2H3;1H/t18?,19-,20+;/m0./s1. The van der Waals surface area contributed by atoms with Crippen LogP contribution >= 0.6 is 12.4 Å². The van der Waals surface area contributed by atoms with Crippen LogP contribution in [0.2, 0.25) is 0 Å². The van der Waals surface area contributed by atoms with Crippen LogP contribution in [-0.2, 0) is 9.59 Å². The Morgan fingerprint density at radius 1 is 1.00 bits per heavy atom. The van der Waals surface area contributed by atoms with E-state index in [4.69, 9.17) is 5.73 Å². The first-order valence-corrected chi connectivity index (χ1v) is 9.91. The van der Waals surface area contributed by atoms with E-state index in [0.29, 0.717) is 19.6 Å². The number of carbonyl (C=O) groups excluding carboxylic acids is 2. The lowest BCUT2D eigenvalue weighted by atomic mass is 9.95. The molecule has 2 heterocycles. The number of likely N-dealkylation sites (tertiary alicyclic amines) is 1. The number of nitrogens with zero attached hydrogens (tertiary/aromatic N) is 2. The third-order valence-electron chi connectivity index (χ3n) is 6.25. The maximum Gasteiger partial charge on any atom is 0.228 e. The summed E-state index contributed by atoms with van der Waals surface area (Å²) in [7, 11) is 0. The van der Waals surface area contributed by atoms with Crippen LogP contribution in [-0.4, -0.2) is 42.4 Å². The number of halogens is 1. The van der Waals surface area contributed by atoms with Crippen molar-refractivity contribution in [1.82, 2.24) is 4.90 Å². The molecule has 1 unspecified atom stereocenters. The molecule has 0 saturated carbocycles. The Bertz CT molecular complexity index is 902. The van der Waals surface area contributed by atoms with Gasteiger partial charge >= 0.3 is 0 Å². The Morgan fingerprint density at radius 2 is 1.72 bits per heavy atom. The van der Waals surface area contributed by atoms with Gasteiger partial charge in [0.1, 0.15) is 0 Å². The number of benzene rings is 2. The lowest BCUT2D eigenvalue weighted by molar-refractivity contribution is -0.134. The van der Waals surface area contributed by atoms with Gasteiger partial charge in [0.2, 0.25) is 11.8 Å². The van der Waals surface area contributed by atoms with E-state index in [1.807, 2.05) is 55.1 Å². The highest BCUT2D eigenvalue weighted by molar-refractivity contribution is 6.01. The second-order valence-corrected chi connectivity index (χ2v) is 8.05. The van der Waals surface area contributed by atoms with Gasteiger partial charge in [0, 0.05) is 43.7 Å². The van der Waals surface area contributed by atoms with E-state index in [2.05, 4.69) is 12.1 Å². The van der Waals surface area contributed by atoms with E-state index in [1.165, 1.54) is 5.56 Å². The van der Waals surface area contributed by atoms with Crippen LogP contribution in [0.15, 0.2) is 48.5 Å². The molecule has 3 atom stereocenters. The molecule has 2 aliphatic heterocycles. The number of hydrogen-bond acceptors (Lipinski definition) is 3. The van der Waals surface area contributed by atoms with Gasteiger partial charge in [-0.15, -0.1) is 12.4 Å². The molecule has 5 nitrogen and oxygen atoms in total. The van der Waals surface area contributed by atoms with Crippen molar-refractivity contribution in [1.29, 1.82) is 0 Å². The molecular formula is C23H28ClN3O2. The summed E-state index contributed by atoms with van der Waals surface area (Å²) in [6.07, 6.45) is 0.272. The molecule has 2 aliphatic rings. The number of hydrogen-bond donors (Lipinski definition) is 1. The largest absolute Gasteiger partial charge is 0.340 e. The number of carbonyl (C=O) groups is 2. The van der Waals surface area contributed by atoms with Gasteiger partial charge in [0.25, 0.3) is 0 Å². The molecule has 4 rings (SSSR count). The molecule has 0 bridgehead atoms. The van der Waals surface area contributed by atoms with Crippen molar-refractivity contribution in [2.75, 3.05) is 24.5 Å². The average molecular weight is 414 g/mol. The van der Waals surface area contributed by atoms with E-state index in [1.54, 1.807) is 4.90 Å². The topological polar surface area (TPSA) is 66.6 Å². The molecule has 29 heavy (non-hydrogen) atoms. The summed E-state index contributed by atoms with van der Waals surface area (Å²) in [6.45, 7) is 5.68. The Morgan fingerprint density at radius 3 is 2.45 bits per heavy atom. The maximum absolute atomic E-state index is 13.1. The quantitative estimate of drug-likeness (QED) is 0.841. The monoisotopic (exact) mass is 413 g/mol. The zero-order chi connectivity index (χ0) is 19.8. The van der Waals surface area contributed by atoms with E-state index in [0.717, 1.165) is 16.8 Å². The van der Waals surface area contributed by atoms with E-state index >= 15 is 0 Å². The first kappa shape index (κ1) is 21.3. The van der Waals surface area contributed by atoms with Gasteiger partial charge in [-0.25, -0.2) is 0 Å². The van der Waals surface area contributed by atoms with Crippen LogP contribution in [0, 0.1) is 19.8 Å². The van der Waals surface area contributed by atoms with Crippen molar-refractivity contribution in [3.8, 4) is 0 Å². The zero-order valence-corrected chi connectivity index (χ0v) is 17.7. The van der Waals surface area contributed by atoms with Crippen LogP contribution in [0.5, 0.6) is 0 Å². The summed E-state index contributed by atoms with van der Waals surface area (Å²) in [5, 5.41) is 0. The fourth-order valence-electron chi connectivity index (χ4n) is 4.45. The molecule has 2 N–H and O–H groups in total. The second kappa shape index (κ2) is 8.56. The molecule has 154 valence electrons. The second-order valence-electron chi connectivity index (χ2n) is 8.05. The number of nitrogens with two attached hydrogens (primary N) is 1. The van der Waals surface area contributed by atoms with Crippen molar-refractivity contribution in [3.05, 3.63) is 65.2 Å². The minimum Gasteiger partial charge on any atom is -0.340 e. The summed E-state index contributed by atoms with van der Waals surface area (Å²) < 4.78 is 0. The molecule has 2 fully saturated rings. The number of anilines is 1. The predicted octanol–water partition coefficient (Wildman–Crippen LogP) is 3.03. The highest BCUT2D eigenvalue weighted by atomic mass is 35.5. The Labute approximate surface area is 178 Å². The Hall–Kier alpha value is -2.37. The third kappa shape index (κ3) is 4.02. The van der Waals surface area contributed by atoms with E-state index in [-0.39, 0.29) is 48.5 Å². The molecule has 2 saturated heterocycles. The van der Waals surface area contributed by atoms with Gasteiger partial charge in [0.05, 0.1) is 5.92 Å². The molecule has 0 aromatic heterocycles. The zero-order valence-electron chi connectivity index (χ0n) is 16.9. The number of aryl methyl sites for hydroxylation is 1. The van der Waals surface area contributed by atoms with Crippen LogP contribution < -0.4 is 10.6 Å². The normalized spacial score (nSPS) is 24.0. The van der Waals surface area contributed by atoms with Crippen LogP contribution in [0.1, 0.15) is 29.0 Å². The molecule has 0 spiro atoms. The van der Waals surface area contributed by atoms with E-state index < -0.39 is 0 Å². The highest BCUT2D eigenvalue weighted by Crippen LogP contribution is 2.32. The van der Waals surface area contributed by atoms with Crippen molar-refractivity contribution >= 4 is 29.9 Å². The summed E-state index contributed by atoms with van der Waals surface area (Å²) >= 11 is 0. The van der Waals surface area contributed by atoms with Gasteiger partial charge in [0.15, 0.2) is 0 Å². The Balaban J connectivity index is 0.00000240. The molecule has 2 aromatic rings. The van der Waals surface area contributed by atoms with Crippen molar-refractivity contribution in [2.45, 2.75) is 32.2 Å². The summed E-state index contributed by atoms with van der Waals surface area (Å²) in [6, 6.07) is 16.0. The van der Waals surface area contributed by atoms with Crippen LogP contribution in [0.4, 0.5) is 5.69 Å². The highest BCUT2D eigenvalue weighted by Gasteiger charge is 2.41. The minimum atomic E-state index is -0.297. The number of amides is 2. The first-order chi connectivity index (χ1) is 13.5. The van der Waals surface area contributed by atoms with Crippen molar-refractivity contribution in [3.63, 3.8) is 0 Å². The van der Waals surface area contributed by atoms with Gasteiger partial charge in [-0.3, -0.25) is 9.59 Å². The molecule has 2 amide bonds. The third-order valence-corrected chi connectivity index (χ3v) is 6.25. The minimum absolute atomic E-state index is 0. The fraction of sp³-hybridized carbons (Fsp3) is 0.391. The van der Waals surface area contributed by atoms with Crippen LogP contribution in [0.25, 0.3) is 0 Å². The molecule has 6 heteroatoms. The summed E-state index contributed by atoms with van der Waals surface area (Å²) in [5.74, 6) is -0.0725. The smallest absolute Gasteiger partial charge is 0.228 e. The average Bonchev–Trinajstić information content (AvgIpc) is 3.27. The number of rotatable bonds is 3.